The van der Waals surface area contributed by atoms with Crippen LogP contribution in [0.2, 0.25) is 0 Å². The van der Waals surface area contributed by atoms with Gasteiger partial charge in [0, 0.05) is 82.0 Å². The van der Waals surface area contributed by atoms with E-state index < -0.39 is 87.9 Å². The standard InChI is InChI=1S/C32H40F3N7O8S/c1-18(12-37-27(43)11-22(51(47,48)49)17-41-28(44)4-5-29(41)45)39-32(46)42(16-20-13-36-14-25(20)35)30(19-6-8-50-9-7-19)31-38-15-26(40-31)23-10-21(33)2-3-24(23)34/h2-5,10,15,18-20,22,25,30,36H,6-9,11-14,16-17H2,1H3,(H,37,43)(H,38,40)(H,39,46)(H,47,48,49)/t18-,20-,22+,25-,30+/m0/s1. The molecule has 3 aliphatic rings. The Hall–Kier alpha value is -4.33. The number of rotatable bonds is 14. The first-order valence-electron chi connectivity index (χ1n) is 16.5. The lowest BCUT2D eigenvalue weighted by Crippen LogP contribution is -2.52. The van der Waals surface area contributed by atoms with Gasteiger partial charge >= 0.3 is 6.03 Å². The van der Waals surface area contributed by atoms with Gasteiger partial charge in [0.25, 0.3) is 21.9 Å². The van der Waals surface area contributed by atoms with Crippen molar-refractivity contribution in [3.63, 3.8) is 0 Å². The number of imidazole rings is 1. The molecule has 3 aliphatic heterocycles. The summed E-state index contributed by atoms with van der Waals surface area (Å²) in [7, 11) is -4.85. The first kappa shape index (κ1) is 37.9. The summed E-state index contributed by atoms with van der Waals surface area (Å²) in [4.78, 5) is 60.2. The molecule has 19 heteroatoms. The number of hydrogen-bond acceptors (Lipinski definition) is 9. The smallest absolute Gasteiger partial charge is 0.318 e. The number of aromatic nitrogens is 2. The molecule has 0 spiro atoms. The topological polar surface area (TPSA) is 203 Å². The van der Waals surface area contributed by atoms with Crippen molar-refractivity contribution in [2.24, 2.45) is 11.8 Å². The minimum absolute atomic E-state index is 0.0374. The number of alkyl halides is 1. The zero-order valence-electron chi connectivity index (χ0n) is 27.7. The number of urea groups is 1. The third-order valence-electron chi connectivity index (χ3n) is 9.19. The van der Waals surface area contributed by atoms with Crippen LogP contribution in [0.25, 0.3) is 11.3 Å². The summed E-state index contributed by atoms with van der Waals surface area (Å²) < 4.78 is 82.9. The van der Waals surface area contributed by atoms with Crippen LogP contribution in [0.1, 0.15) is 38.1 Å². The van der Waals surface area contributed by atoms with Gasteiger partial charge in [0.1, 0.15) is 28.9 Å². The van der Waals surface area contributed by atoms with Crippen LogP contribution >= 0.6 is 0 Å². The molecule has 2 fully saturated rings. The third-order valence-corrected chi connectivity index (χ3v) is 10.3. The van der Waals surface area contributed by atoms with Gasteiger partial charge in [0.2, 0.25) is 5.91 Å². The highest BCUT2D eigenvalue weighted by Gasteiger charge is 2.40. The van der Waals surface area contributed by atoms with Crippen molar-refractivity contribution in [1.29, 1.82) is 0 Å². The largest absolute Gasteiger partial charge is 0.381 e. The Morgan fingerprint density at radius 1 is 1.16 bits per heavy atom. The molecular formula is C32H40F3N7O8S. The predicted octanol–water partition coefficient (Wildman–Crippen LogP) is 1.47. The summed E-state index contributed by atoms with van der Waals surface area (Å²) in [5.74, 6) is -4.27. The van der Waals surface area contributed by atoms with E-state index in [-0.39, 0.29) is 42.6 Å². The number of carbonyl (C=O) groups is 4. The van der Waals surface area contributed by atoms with Gasteiger partial charge in [0.05, 0.1) is 17.9 Å². The normalized spacial score (nSPS) is 21.5. The molecule has 15 nitrogen and oxygen atoms in total. The number of H-pyrrole nitrogens is 1. The predicted molar refractivity (Wildman–Crippen MR) is 175 cm³/mol. The van der Waals surface area contributed by atoms with E-state index in [1.807, 2.05) is 0 Å². The number of amides is 5. The van der Waals surface area contributed by atoms with Gasteiger partial charge in [-0.15, -0.1) is 0 Å². The summed E-state index contributed by atoms with van der Waals surface area (Å²) in [6.45, 7) is 1.79. The molecule has 1 aromatic heterocycles. The van der Waals surface area contributed by atoms with Gasteiger partial charge in [-0.2, -0.15) is 8.42 Å². The fraction of sp³-hybridized carbons (Fsp3) is 0.531. The maximum Gasteiger partial charge on any atom is 0.318 e. The summed E-state index contributed by atoms with van der Waals surface area (Å²) in [5.41, 5.74) is 0.120. The van der Waals surface area contributed by atoms with Crippen molar-refractivity contribution in [2.45, 2.75) is 49.7 Å². The number of nitrogens with zero attached hydrogens (tertiary/aromatic N) is 3. The van der Waals surface area contributed by atoms with Crippen molar-refractivity contribution in [1.82, 2.24) is 35.7 Å². The molecule has 2 aromatic rings. The first-order chi connectivity index (χ1) is 24.2. The lowest BCUT2D eigenvalue weighted by molar-refractivity contribution is -0.137. The van der Waals surface area contributed by atoms with E-state index in [4.69, 9.17) is 4.74 Å². The van der Waals surface area contributed by atoms with Crippen molar-refractivity contribution in [2.75, 3.05) is 45.9 Å². The second kappa shape index (κ2) is 16.3. The summed E-state index contributed by atoms with van der Waals surface area (Å²) >= 11 is 0. The lowest BCUT2D eigenvalue weighted by atomic mass is 9.89. The van der Waals surface area contributed by atoms with E-state index >= 15 is 0 Å². The van der Waals surface area contributed by atoms with E-state index in [1.54, 1.807) is 6.92 Å². The number of hydrogen-bond donors (Lipinski definition) is 5. The molecule has 4 heterocycles. The number of ether oxygens (including phenoxy) is 1. The van der Waals surface area contributed by atoms with Crippen LogP contribution in [0.3, 0.4) is 0 Å². The minimum atomic E-state index is -4.85. The molecule has 1 aromatic carbocycles. The van der Waals surface area contributed by atoms with Crippen LogP contribution in [0, 0.1) is 23.5 Å². The molecule has 0 saturated carbocycles. The van der Waals surface area contributed by atoms with Crippen molar-refractivity contribution in [3.05, 3.63) is 54.0 Å². The van der Waals surface area contributed by atoms with Gasteiger partial charge in [-0.1, -0.05) is 0 Å². The average Bonchev–Trinajstić information content (AvgIpc) is 3.81. The average molecular weight is 740 g/mol. The van der Waals surface area contributed by atoms with Crippen molar-refractivity contribution < 1.29 is 50.1 Å². The molecule has 5 amide bonds. The summed E-state index contributed by atoms with van der Waals surface area (Å²) in [6, 6.07) is 0.848. The fourth-order valence-electron chi connectivity index (χ4n) is 6.41. The molecule has 5 N–H and O–H groups in total. The maximum atomic E-state index is 15.0. The van der Waals surface area contributed by atoms with Crippen LogP contribution in [0.5, 0.6) is 0 Å². The number of aromatic amines is 1. The maximum absolute atomic E-state index is 15.0. The third kappa shape index (κ3) is 9.52. The number of benzene rings is 1. The van der Waals surface area contributed by atoms with Gasteiger partial charge in [0.15, 0.2) is 0 Å². The fourth-order valence-corrected chi connectivity index (χ4v) is 7.11. The Balaban J connectivity index is 1.32. The Morgan fingerprint density at radius 2 is 1.86 bits per heavy atom. The van der Waals surface area contributed by atoms with Gasteiger partial charge < -0.3 is 30.6 Å². The van der Waals surface area contributed by atoms with E-state index in [0.29, 0.717) is 37.5 Å². The van der Waals surface area contributed by atoms with Gasteiger partial charge in [-0.25, -0.2) is 22.9 Å². The first-order valence-corrected chi connectivity index (χ1v) is 18.0. The highest BCUT2D eigenvalue weighted by atomic mass is 32.2. The Bertz CT molecular complexity index is 1740. The van der Waals surface area contributed by atoms with E-state index in [2.05, 4.69) is 25.9 Å². The quantitative estimate of drug-likeness (QED) is 0.140. The zero-order valence-corrected chi connectivity index (χ0v) is 28.5. The molecule has 278 valence electrons. The monoisotopic (exact) mass is 739 g/mol. The van der Waals surface area contributed by atoms with E-state index in [1.165, 1.54) is 11.1 Å². The highest BCUT2D eigenvalue weighted by molar-refractivity contribution is 7.86. The zero-order chi connectivity index (χ0) is 36.9. The van der Waals surface area contributed by atoms with Crippen LogP contribution in [0.4, 0.5) is 18.0 Å². The number of halogens is 3. The van der Waals surface area contributed by atoms with Gasteiger partial charge in [-0.3, -0.25) is 23.8 Å². The highest BCUT2D eigenvalue weighted by Crippen LogP contribution is 2.36. The molecule has 2 saturated heterocycles. The van der Waals surface area contributed by atoms with Gasteiger partial charge in [-0.05, 0) is 43.9 Å². The molecule has 51 heavy (non-hydrogen) atoms. The Kier molecular flexibility index (Phi) is 12.2. The Labute approximate surface area is 292 Å². The molecule has 5 rings (SSSR count). The second-order valence-corrected chi connectivity index (χ2v) is 14.6. The van der Waals surface area contributed by atoms with Crippen molar-refractivity contribution in [3.8, 4) is 11.3 Å². The van der Waals surface area contributed by atoms with Crippen molar-refractivity contribution >= 4 is 33.9 Å². The summed E-state index contributed by atoms with van der Waals surface area (Å²) in [6.07, 6.45) is 2.23. The van der Waals surface area contributed by atoms with Crippen LogP contribution < -0.4 is 16.0 Å². The molecule has 0 aliphatic carbocycles. The van der Waals surface area contributed by atoms with Crippen LogP contribution in [-0.2, 0) is 29.2 Å². The van der Waals surface area contributed by atoms with E-state index in [0.717, 1.165) is 30.4 Å². The summed E-state index contributed by atoms with van der Waals surface area (Å²) in [5, 5.41) is 6.48. The molecule has 0 bridgehead atoms. The molecular weight excluding hydrogens is 699 g/mol. The molecule has 5 atom stereocenters. The lowest BCUT2D eigenvalue weighted by Gasteiger charge is -2.39. The number of nitrogens with one attached hydrogen (secondary N) is 4. The minimum Gasteiger partial charge on any atom is -0.381 e. The number of carbonyl (C=O) groups excluding carboxylic acids is 4. The Morgan fingerprint density at radius 3 is 2.51 bits per heavy atom. The van der Waals surface area contributed by atoms with E-state index in [9.17, 15) is 45.3 Å². The number of imide groups is 1. The second-order valence-electron chi connectivity index (χ2n) is 12.9. The molecule has 0 unspecified atom stereocenters. The SMILES string of the molecule is C[C@@H](CNC(=O)C[C@H](CN1C(=O)C=CC1=O)S(=O)(=O)O)NC(=O)N(C[C@@H]1CNC[C@@H]1F)[C@@H](c1ncc(-c2cc(F)ccc2F)[nH]1)C1CCOCC1. The molecule has 0 radical (unpaired) electrons. The van der Waals surface area contributed by atoms with Crippen LogP contribution in [0.15, 0.2) is 36.5 Å². The van der Waals surface area contributed by atoms with Crippen LogP contribution in [-0.4, -0.2) is 120 Å².